The first kappa shape index (κ1) is 23.7. The number of carbonyl (C=O) groups is 3. The van der Waals surface area contributed by atoms with Crippen molar-refractivity contribution < 1.29 is 19.1 Å². The van der Waals surface area contributed by atoms with Gasteiger partial charge in [-0.15, -0.1) is 0 Å². The molecule has 0 saturated heterocycles. The number of esters is 1. The molecule has 28 heavy (non-hydrogen) atoms. The first-order chi connectivity index (χ1) is 13.3. The predicted octanol–water partition coefficient (Wildman–Crippen LogP) is 2.73. The van der Waals surface area contributed by atoms with Gasteiger partial charge in [-0.1, -0.05) is 13.3 Å². The molecule has 2 amide bonds. The SMILES string of the molecule is CCCCN(Cc1cccn1C)C(=O)CN(C(=O)CCC(=O)OCC)C(C)C. The Balaban J connectivity index is 2.77. The lowest BCUT2D eigenvalue weighted by Gasteiger charge is -2.30. The van der Waals surface area contributed by atoms with Gasteiger partial charge in [0.15, 0.2) is 0 Å². The van der Waals surface area contributed by atoms with Gasteiger partial charge in [0.05, 0.1) is 26.1 Å². The van der Waals surface area contributed by atoms with Gasteiger partial charge < -0.3 is 19.1 Å². The van der Waals surface area contributed by atoms with E-state index < -0.39 is 0 Å². The molecular formula is C21H35N3O4. The van der Waals surface area contributed by atoms with Crippen molar-refractivity contribution in [3.63, 3.8) is 0 Å². The van der Waals surface area contributed by atoms with Crippen LogP contribution in [0.4, 0.5) is 0 Å². The van der Waals surface area contributed by atoms with Crippen molar-refractivity contribution in [2.75, 3.05) is 19.7 Å². The zero-order valence-electron chi connectivity index (χ0n) is 17.9. The second-order valence-electron chi connectivity index (χ2n) is 7.20. The molecule has 0 unspecified atom stereocenters. The fourth-order valence-electron chi connectivity index (χ4n) is 2.89. The number of unbranched alkanes of at least 4 members (excludes halogenated alkanes) is 1. The molecule has 158 valence electrons. The fraction of sp³-hybridized carbons (Fsp3) is 0.667. The van der Waals surface area contributed by atoms with Crippen molar-refractivity contribution in [3.8, 4) is 0 Å². The highest BCUT2D eigenvalue weighted by molar-refractivity contribution is 5.86. The monoisotopic (exact) mass is 393 g/mol. The lowest BCUT2D eigenvalue weighted by atomic mass is 10.2. The average molecular weight is 394 g/mol. The van der Waals surface area contributed by atoms with Crippen LogP contribution in [0.5, 0.6) is 0 Å². The van der Waals surface area contributed by atoms with Crippen molar-refractivity contribution in [2.24, 2.45) is 7.05 Å². The summed E-state index contributed by atoms with van der Waals surface area (Å²) in [4.78, 5) is 40.4. The van der Waals surface area contributed by atoms with Crippen LogP contribution in [0.3, 0.4) is 0 Å². The van der Waals surface area contributed by atoms with E-state index in [0.717, 1.165) is 18.5 Å². The molecule has 0 saturated carbocycles. The van der Waals surface area contributed by atoms with E-state index in [1.807, 2.05) is 48.7 Å². The van der Waals surface area contributed by atoms with Crippen molar-refractivity contribution in [1.82, 2.24) is 14.4 Å². The molecule has 0 aliphatic carbocycles. The quantitative estimate of drug-likeness (QED) is 0.512. The van der Waals surface area contributed by atoms with Gasteiger partial charge in [0.25, 0.3) is 0 Å². The third-order valence-corrected chi connectivity index (χ3v) is 4.64. The summed E-state index contributed by atoms with van der Waals surface area (Å²) in [5, 5.41) is 0. The van der Waals surface area contributed by atoms with Gasteiger partial charge in [-0.2, -0.15) is 0 Å². The molecule has 1 heterocycles. The summed E-state index contributed by atoms with van der Waals surface area (Å²) in [5.41, 5.74) is 1.05. The van der Waals surface area contributed by atoms with E-state index in [4.69, 9.17) is 4.74 Å². The number of aromatic nitrogens is 1. The van der Waals surface area contributed by atoms with Gasteiger partial charge in [-0.25, -0.2) is 0 Å². The zero-order chi connectivity index (χ0) is 21.1. The van der Waals surface area contributed by atoms with E-state index in [2.05, 4.69) is 6.92 Å². The van der Waals surface area contributed by atoms with Crippen LogP contribution in [0.15, 0.2) is 18.3 Å². The third kappa shape index (κ3) is 7.74. The highest BCUT2D eigenvalue weighted by Crippen LogP contribution is 2.10. The first-order valence-corrected chi connectivity index (χ1v) is 10.1. The number of ether oxygens (including phenoxy) is 1. The fourth-order valence-corrected chi connectivity index (χ4v) is 2.89. The molecule has 0 N–H and O–H groups in total. The van der Waals surface area contributed by atoms with E-state index in [1.165, 1.54) is 0 Å². The van der Waals surface area contributed by atoms with E-state index in [-0.39, 0.29) is 43.2 Å². The minimum Gasteiger partial charge on any atom is -0.466 e. The Kier molecular flexibility index (Phi) is 10.3. The Labute approximate surface area is 168 Å². The maximum absolute atomic E-state index is 13.0. The largest absolute Gasteiger partial charge is 0.466 e. The molecule has 7 heteroatoms. The molecule has 0 spiro atoms. The Bertz CT molecular complexity index is 639. The van der Waals surface area contributed by atoms with E-state index >= 15 is 0 Å². The summed E-state index contributed by atoms with van der Waals surface area (Å²) in [6.07, 6.45) is 3.94. The second-order valence-corrected chi connectivity index (χ2v) is 7.20. The maximum atomic E-state index is 13.0. The Morgan fingerprint density at radius 3 is 2.39 bits per heavy atom. The van der Waals surface area contributed by atoms with Crippen LogP contribution in [0.1, 0.15) is 59.1 Å². The molecule has 0 aromatic carbocycles. The number of hydrogen-bond acceptors (Lipinski definition) is 4. The minimum absolute atomic E-state index is 0.0213. The van der Waals surface area contributed by atoms with Gasteiger partial charge in [0.1, 0.15) is 0 Å². The van der Waals surface area contributed by atoms with Crippen LogP contribution in [-0.4, -0.2) is 57.9 Å². The van der Waals surface area contributed by atoms with Crippen LogP contribution in [-0.2, 0) is 32.7 Å². The first-order valence-electron chi connectivity index (χ1n) is 10.1. The van der Waals surface area contributed by atoms with Crippen LogP contribution >= 0.6 is 0 Å². The van der Waals surface area contributed by atoms with Crippen molar-refractivity contribution >= 4 is 17.8 Å². The summed E-state index contributed by atoms with van der Waals surface area (Å²) < 4.78 is 6.88. The summed E-state index contributed by atoms with van der Waals surface area (Å²) >= 11 is 0. The highest BCUT2D eigenvalue weighted by atomic mass is 16.5. The van der Waals surface area contributed by atoms with Crippen LogP contribution in [0.2, 0.25) is 0 Å². The van der Waals surface area contributed by atoms with Gasteiger partial charge >= 0.3 is 5.97 Å². The summed E-state index contributed by atoms with van der Waals surface area (Å²) in [6.45, 7) is 9.07. The van der Waals surface area contributed by atoms with E-state index in [0.29, 0.717) is 19.7 Å². The number of rotatable bonds is 12. The molecule has 1 aromatic rings. The van der Waals surface area contributed by atoms with Crippen molar-refractivity contribution in [1.29, 1.82) is 0 Å². The molecule has 0 fully saturated rings. The van der Waals surface area contributed by atoms with Crippen molar-refractivity contribution in [3.05, 3.63) is 24.0 Å². The number of carbonyl (C=O) groups excluding carboxylic acids is 3. The number of hydrogen-bond donors (Lipinski definition) is 0. The van der Waals surface area contributed by atoms with E-state index in [1.54, 1.807) is 11.8 Å². The molecule has 0 aliphatic heterocycles. The van der Waals surface area contributed by atoms with Crippen molar-refractivity contribution in [2.45, 2.75) is 66.0 Å². The zero-order valence-corrected chi connectivity index (χ0v) is 17.9. The van der Waals surface area contributed by atoms with Gasteiger partial charge in [0.2, 0.25) is 11.8 Å². The molecule has 1 rings (SSSR count). The molecule has 0 radical (unpaired) electrons. The normalized spacial score (nSPS) is 10.8. The predicted molar refractivity (Wildman–Crippen MR) is 108 cm³/mol. The number of aryl methyl sites for hydroxylation is 1. The summed E-state index contributed by atoms with van der Waals surface area (Å²) in [7, 11) is 1.96. The maximum Gasteiger partial charge on any atom is 0.306 e. The number of amides is 2. The Morgan fingerprint density at radius 2 is 1.86 bits per heavy atom. The second kappa shape index (κ2) is 12.2. The molecule has 7 nitrogen and oxygen atoms in total. The van der Waals surface area contributed by atoms with Crippen LogP contribution in [0, 0.1) is 0 Å². The van der Waals surface area contributed by atoms with Crippen LogP contribution in [0.25, 0.3) is 0 Å². The van der Waals surface area contributed by atoms with E-state index in [9.17, 15) is 14.4 Å². The summed E-state index contributed by atoms with van der Waals surface area (Å²) in [5.74, 6) is -0.669. The molecule has 0 aliphatic rings. The third-order valence-electron chi connectivity index (χ3n) is 4.64. The Hall–Kier alpha value is -2.31. The Morgan fingerprint density at radius 1 is 1.14 bits per heavy atom. The minimum atomic E-state index is -0.390. The number of nitrogens with zero attached hydrogens (tertiary/aromatic N) is 3. The lowest BCUT2D eigenvalue weighted by molar-refractivity contribution is -0.147. The lowest BCUT2D eigenvalue weighted by Crippen LogP contribution is -2.46. The molecule has 0 bridgehead atoms. The van der Waals surface area contributed by atoms with Crippen LogP contribution < -0.4 is 0 Å². The summed E-state index contributed by atoms with van der Waals surface area (Å²) in [6, 6.07) is 3.83. The van der Waals surface area contributed by atoms with Gasteiger partial charge in [0, 0.05) is 37.9 Å². The molecule has 0 atom stereocenters. The molecular weight excluding hydrogens is 358 g/mol. The smallest absolute Gasteiger partial charge is 0.306 e. The molecule has 1 aromatic heterocycles. The average Bonchev–Trinajstić information content (AvgIpc) is 3.05. The standard InChI is InChI=1S/C21H35N3O4/c1-6-8-14-23(15-18-10-9-13-22(18)5)20(26)16-24(17(3)4)19(25)11-12-21(27)28-7-2/h9-10,13,17H,6-8,11-12,14-16H2,1-5H3. The van der Waals surface area contributed by atoms with Gasteiger partial charge in [-0.3, -0.25) is 14.4 Å². The van der Waals surface area contributed by atoms with Gasteiger partial charge in [-0.05, 0) is 39.3 Å². The highest BCUT2D eigenvalue weighted by Gasteiger charge is 2.24. The topological polar surface area (TPSA) is 71.9 Å².